The van der Waals surface area contributed by atoms with Crippen LogP contribution in [0.1, 0.15) is 22.3 Å². The molecule has 2 N–H and O–H groups in total. The smallest absolute Gasteiger partial charge is 0.251 e. The van der Waals surface area contributed by atoms with Crippen molar-refractivity contribution in [3.63, 3.8) is 0 Å². The van der Waals surface area contributed by atoms with E-state index in [4.69, 9.17) is 0 Å². The zero-order valence-electron chi connectivity index (χ0n) is 10.5. The molecule has 1 aromatic carbocycles. The summed E-state index contributed by atoms with van der Waals surface area (Å²) in [7, 11) is 0. The lowest BCUT2D eigenvalue weighted by atomic mass is 10.0. The number of hydrogen-bond acceptors (Lipinski definition) is 3. The van der Waals surface area contributed by atoms with E-state index in [0.717, 1.165) is 51.1 Å². The first-order chi connectivity index (χ1) is 8.84. The lowest BCUT2D eigenvalue weighted by molar-refractivity contribution is 0.0956. The van der Waals surface area contributed by atoms with E-state index < -0.39 is 0 Å². The monoisotopic (exact) mass is 245 g/mol. The van der Waals surface area contributed by atoms with Gasteiger partial charge in [0.15, 0.2) is 0 Å². The molecule has 0 radical (unpaired) electrons. The Morgan fingerprint density at radius 2 is 1.94 bits per heavy atom. The minimum absolute atomic E-state index is 0.0829. The highest BCUT2D eigenvalue weighted by atomic mass is 16.1. The van der Waals surface area contributed by atoms with E-state index >= 15 is 0 Å². The Morgan fingerprint density at radius 1 is 1.11 bits per heavy atom. The zero-order valence-corrected chi connectivity index (χ0v) is 10.5. The van der Waals surface area contributed by atoms with Crippen molar-refractivity contribution in [2.24, 2.45) is 0 Å². The summed E-state index contributed by atoms with van der Waals surface area (Å²) in [6.07, 6.45) is 2.03. The number of carbonyl (C=O) groups is 1. The third-order valence-corrected chi connectivity index (χ3v) is 3.73. The number of aryl methyl sites for hydroxylation is 1. The molecule has 2 aliphatic rings. The molecule has 0 bridgehead atoms. The summed E-state index contributed by atoms with van der Waals surface area (Å²) in [4.78, 5) is 14.3. The number of benzene rings is 1. The number of carbonyl (C=O) groups excluding carboxylic acids is 1. The third-order valence-electron chi connectivity index (χ3n) is 3.73. The molecule has 4 nitrogen and oxygen atoms in total. The second kappa shape index (κ2) is 4.98. The van der Waals surface area contributed by atoms with Crippen LogP contribution in [0.3, 0.4) is 0 Å². The fraction of sp³-hybridized carbons (Fsp3) is 0.500. The van der Waals surface area contributed by atoms with Gasteiger partial charge in [0.1, 0.15) is 0 Å². The molecule has 1 amide bonds. The van der Waals surface area contributed by atoms with Crippen LogP contribution in [0.4, 0.5) is 5.69 Å². The minimum atomic E-state index is 0.0829. The van der Waals surface area contributed by atoms with Crippen LogP contribution in [0.2, 0.25) is 0 Å². The predicted molar refractivity (Wildman–Crippen MR) is 72.2 cm³/mol. The van der Waals surface area contributed by atoms with Crippen LogP contribution in [0.15, 0.2) is 18.2 Å². The van der Waals surface area contributed by atoms with Crippen molar-refractivity contribution in [3.8, 4) is 0 Å². The molecule has 2 aliphatic heterocycles. The Hall–Kier alpha value is -1.55. The van der Waals surface area contributed by atoms with Gasteiger partial charge in [0.05, 0.1) is 0 Å². The van der Waals surface area contributed by atoms with Gasteiger partial charge < -0.3 is 15.5 Å². The van der Waals surface area contributed by atoms with E-state index in [1.165, 1.54) is 11.3 Å². The van der Waals surface area contributed by atoms with Gasteiger partial charge in [-0.1, -0.05) is 6.07 Å². The van der Waals surface area contributed by atoms with Crippen molar-refractivity contribution in [3.05, 3.63) is 29.3 Å². The van der Waals surface area contributed by atoms with E-state index in [0.29, 0.717) is 0 Å². The predicted octanol–water partition coefficient (Wildman–Crippen LogP) is 0.772. The number of rotatable bonds is 1. The summed E-state index contributed by atoms with van der Waals surface area (Å²) in [5, 5.41) is 6.31. The second-order valence-corrected chi connectivity index (χ2v) is 4.94. The lowest BCUT2D eigenvalue weighted by Gasteiger charge is -2.30. The number of hydrogen-bond donors (Lipinski definition) is 2. The molecule has 1 saturated heterocycles. The van der Waals surface area contributed by atoms with Crippen molar-refractivity contribution >= 4 is 11.6 Å². The molecule has 0 saturated carbocycles. The van der Waals surface area contributed by atoms with Crippen LogP contribution in [0.25, 0.3) is 0 Å². The molecule has 0 aromatic heterocycles. The van der Waals surface area contributed by atoms with Gasteiger partial charge in [-0.05, 0) is 30.5 Å². The van der Waals surface area contributed by atoms with Gasteiger partial charge in [-0.15, -0.1) is 0 Å². The van der Waals surface area contributed by atoms with Crippen LogP contribution < -0.4 is 15.5 Å². The minimum Gasteiger partial charge on any atom is -0.369 e. The van der Waals surface area contributed by atoms with Gasteiger partial charge in [-0.3, -0.25) is 4.79 Å². The Labute approximate surface area is 107 Å². The van der Waals surface area contributed by atoms with E-state index in [-0.39, 0.29) is 5.91 Å². The molecule has 0 unspecified atom stereocenters. The van der Waals surface area contributed by atoms with Gasteiger partial charge in [-0.2, -0.15) is 0 Å². The number of amides is 1. The molecule has 1 aromatic rings. The normalized spacial score (nSPS) is 20.0. The van der Waals surface area contributed by atoms with Crippen molar-refractivity contribution < 1.29 is 4.79 Å². The van der Waals surface area contributed by atoms with E-state index in [1.807, 2.05) is 0 Å². The van der Waals surface area contributed by atoms with E-state index in [1.54, 1.807) is 0 Å². The van der Waals surface area contributed by atoms with Crippen molar-refractivity contribution in [2.45, 2.75) is 12.8 Å². The molecular weight excluding hydrogens is 226 g/mol. The maximum Gasteiger partial charge on any atom is 0.251 e. The van der Waals surface area contributed by atoms with Crippen LogP contribution in [0.5, 0.6) is 0 Å². The largest absolute Gasteiger partial charge is 0.369 e. The summed E-state index contributed by atoms with van der Waals surface area (Å²) >= 11 is 0. The fourth-order valence-electron chi connectivity index (χ4n) is 2.69. The van der Waals surface area contributed by atoms with Gasteiger partial charge in [0.2, 0.25) is 0 Å². The first-order valence-corrected chi connectivity index (χ1v) is 6.71. The number of nitrogens with zero attached hydrogens (tertiary/aromatic N) is 1. The fourth-order valence-corrected chi connectivity index (χ4v) is 2.69. The Kier molecular flexibility index (Phi) is 3.19. The summed E-state index contributed by atoms with van der Waals surface area (Å²) in [6.45, 7) is 4.85. The Balaban J connectivity index is 1.91. The molecular formula is C14H19N3O. The van der Waals surface area contributed by atoms with Crippen molar-refractivity contribution in [1.82, 2.24) is 10.6 Å². The first kappa shape index (κ1) is 11.5. The number of piperazine rings is 1. The average Bonchev–Trinajstić information content (AvgIpc) is 2.62. The summed E-state index contributed by atoms with van der Waals surface area (Å²) in [5.74, 6) is 0.0829. The summed E-state index contributed by atoms with van der Waals surface area (Å²) in [5.41, 5.74) is 3.22. The molecule has 1 fully saturated rings. The maximum atomic E-state index is 12.0. The molecule has 0 spiro atoms. The molecule has 4 heteroatoms. The van der Waals surface area contributed by atoms with Crippen molar-refractivity contribution in [1.29, 1.82) is 0 Å². The SMILES string of the molecule is O=C1NCCCc2ccc(N3CCNCC3)cc21. The quantitative estimate of drug-likeness (QED) is 0.768. The Morgan fingerprint density at radius 3 is 2.78 bits per heavy atom. The van der Waals surface area contributed by atoms with Gasteiger partial charge in [0, 0.05) is 44.0 Å². The summed E-state index contributed by atoms with van der Waals surface area (Å²) in [6, 6.07) is 6.33. The van der Waals surface area contributed by atoms with Crippen LogP contribution >= 0.6 is 0 Å². The third kappa shape index (κ3) is 2.20. The molecule has 18 heavy (non-hydrogen) atoms. The molecule has 2 heterocycles. The van der Waals surface area contributed by atoms with Crippen LogP contribution in [-0.4, -0.2) is 38.6 Å². The maximum absolute atomic E-state index is 12.0. The zero-order chi connectivity index (χ0) is 12.4. The topological polar surface area (TPSA) is 44.4 Å². The molecule has 0 atom stereocenters. The first-order valence-electron chi connectivity index (χ1n) is 6.71. The van der Waals surface area contributed by atoms with Gasteiger partial charge >= 0.3 is 0 Å². The molecule has 96 valence electrons. The van der Waals surface area contributed by atoms with Crippen LogP contribution in [0, 0.1) is 0 Å². The van der Waals surface area contributed by atoms with Gasteiger partial charge in [-0.25, -0.2) is 0 Å². The summed E-state index contributed by atoms with van der Waals surface area (Å²) < 4.78 is 0. The number of anilines is 1. The molecule has 0 aliphatic carbocycles. The Bertz CT molecular complexity index is 452. The highest BCUT2D eigenvalue weighted by Crippen LogP contribution is 2.22. The number of nitrogens with one attached hydrogen (secondary N) is 2. The van der Waals surface area contributed by atoms with Crippen LogP contribution in [-0.2, 0) is 6.42 Å². The van der Waals surface area contributed by atoms with E-state index in [9.17, 15) is 4.79 Å². The standard InChI is InChI=1S/C14H19N3O/c18-14-13-10-12(17-8-6-15-7-9-17)4-3-11(13)2-1-5-16-14/h3-4,10,15H,1-2,5-9H2,(H,16,18). The second-order valence-electron chi connectivity index (χ2n) is 4.94. The number of fused-ring (bicyclic) bond motifs is 1. The highest BCUT2D eigenvalue weighted by Gasteiger charge is 2.17. The average molecular weight is 245 g/mol. The van der Waals surface area contributed by atoms with Gasteiger partial charge in [0.25, 0.3) is 5.91 Å². The van der Waals surface area contributed by atoms with E-state index in [2.05, 4.69) is 33.7 Å². The lowest BCUT2D eigenvalue weighted by Crippen LogP contribution is -2.43. The highest BCUT2D eigenvalue weighted by molar-refractivity contribution is 5.97. The molecule has 3 rings (SSSR count). The van der Waals surface area contributed by atoms with Crippen molar-refractivity contribution in [2.75, 3.05) is 37.6 Å².